The zero-order chi connectivity index (χ0) is 27.8. The summed E-state index contributed by atoms with van der Waals surface area (Å²) in [6.45, 7) is 4.15. The molecule has 4 aliphatic rings. The molecule has 2 bridgehead atoms. The van der Waals surface area contributed by atoms with Crippen LogP contribution in [-0.2, 0) is 13.6 Å². The molecule has 3 aromatic heterocycles. The fourth-order valence-corrected chi connectivity index (χ4v) is 8.22. The fourth-order valence-electron chi connectivity index (χ4n) is 8.22. The fraction of sp³-hybridized carbons (Fsp3) is 0.559. The number of fused-ring (bicyclic) bond motifs is 4. The highest BCUT2D eigenvalue weighted by molar-refractivity contribution is 6.00. The number of carbonyl (C=O) groups excluding carboxylic acids is 1. The largest absolute Gasteiger partial charge is 0.494 e. The number of amides is 1. The van der Waals surface area contributed by atoms with Crippen LogP contribution in [0.5, 0.6) is 5.75 Å². The van der Waals surface area contributed by atoms with E-state index in [1.54, 1.807) is 7.11 Å². The molecule has 214 valence electrons. The molecule has 1 aromatic carbocycles. The molecular weight excluding hydrogens is 510 g/mol. The summed E-state index contributed by atoms with van der Waals surface area (Å²) >= 11 is 0. The SMILES string of the molecule is COc1cc(C(=O)N2CC3CCC2[C@@H]3C)cc2nc(-c3cc4ccc(C5CCCCC5)nc4n3CC3CC3)n(C)c12. The third-order valence-electron chi connectivity index (χ3n) is 10.8. The first-order valence-electron chi connectivity index (χ1n) is 15.9. The van der Waals surface area contributed by atoms with Crippen LogP contribution in [0.1, 0.15) is 86.7 Å². The van der Waals surface area contributed by atoms with Gasteiger partial charge in [0.15, 0.2) is 5.82 Å². The number of aryl methyl sites for hydroxylation is 1. The third kappa shape index (κ3) is 4.10. The van der Waals surface area contributed by atoms with Crippen LogP contribution < -0.4 is 4.74 Å². The van der Waals surface area contributed by atoms with E-state index >= 15 is 0 Å². The van der Waals surface area contributed by atoms with Crippen LogP contribution in [0.3, 0.4) is 0 Å². The van der Waals surface area contributed by atoms with Gasteiger partial charge in [0.1, 0.15) is 16.9 Å². The number of likely N-dealkylation sites (tertiary alicyclic amines) is 1. The molecule has 4 fully saturated rings. The van der Waals surface area contributed by atoms with E-state index in [0.717, 1.165) is 47.7 Å². The number of nitrogens with zero attached hydrogens (tertiary/aromatic N) is 5. The van der Waals surface area contributed by atoms with Crippen molar-refractivity contribution < 1.29 is 9.53 Å². The summed E-state index contributed by atoms with van der Waals surface area (Å²) < 4.78 is 10.4. The highest BCUT2D eigenvalue weighted by Gasteiger charge is 2.46. The number of hydrogen-bond donors (Lipinski definition) is 0. The van der Waals surface area contributed by atoms with E-state index in [2.05, 4.69) is 46.2 Å². The summed E-state index contributed by atoms with van der Waals surface area (Å²) in [6.07, 6.45) is 11.4. The number of carbonyl (C=O) groups is 1. The minimum atomic E-state index is 0.110. The van der Waals surface area contributed by atoms with Crippen LogP contribution in [0.2, 0.25) is 0 Å². The van der Waals surface area contributed by atoms with Gasteiger partial charge in [-0.3, -0.25) is 4.79 Å². The lowest BCUT2D eigenvalue weighted by Gasteiger charge is -2.27. The number of aromatic nitrogens is 4. The Kier molecular flexibility index (Phi) is 5.94. The Hall–Kier alpha value is -3.35. The molecule has 0 N–H and O–H groups in total. The van der Waals surface area contributed by atoms with Crippen molar-refractivity contribution in [1.29, 1.82) is 0 Å². The van der Waals surface area contributed by atoms with E-state index in [4.69, 9.17) is 14.7 Å². The monoisotopic (exact) mass is 551 g/mol. The molecule has 0 radical (unpaired) electrons. The normalized spacial score (nSPS) is 24.7. The molecule has 1 amide bonds. The molecule has 7 heteroatoms. The van der Waals surface area contributed by atoms with E-state index < -0.39 is 0 Å². The van der Waals surface area contributed by atoms with Crippen molar-refractivity contribution in [3.63, 3.8) is 0 Å². The van der Waals surface area contributed by atoms with E-state index in [9.17, 15) is 4.79 Å². The number of methoxy groups -OCH3 is 1. The summed E-state index contributed by atoms with van der Waals surface area (Å²) in [5.41, 5.74) is 5.84. The minimum absolute atomic E-state index is 0.110. The summed E-state index contributed by atoms with van der Waals surface area (Å²) in [5, 5.41) is 1.17. The van der Waals surface area contributed by atoms with Crippen molar-refractivity contribution in [2.45, 2.75) is 83.2 Å². The molecule has 7 nitrogen and oxygen atoms in total. The lowest BCUT2D eigenvalue weighted by Crippen LogP contribution is -2.38. The maximum atomic E-state index is 13.7. The quantitative estimate of drug-likeness (QED) is 0.261. The van der Waals surface area contributed by atoms with E-state index in [0.29, 0.717) is 41.0 Å². The van der Waals surface area contributed by atoms with Crippen LogP contribution >= 0.6 is 0 Å². The predicted molar refractivity (Wildman–Crippen MR) is 161 cm³/mol. The Morgan fingerprint density at radius 1 is 1.00 bits per heavy atom. The summed E-state index contributed by atoms with van der Waals surface area (Å²) in [4.78, 5) is 26.3. The summed E-state index contributed by atoms with van der Waals surface area (Å²) in [7, 11) is 3.76. The zero-order valence-electron chi connectivity index (χ0n) is 24.6. The molecule has 8 rings (SSSR count). The van der Waals surface area contributed by atoms with Gasteiger partial charge >= 0.3 is 0 Å². The van der Waals surface area contributed by atoms with Crippen molar-refractivity contribution >= 4 is 28.0 Å². The highest BCUT2D eigenvalue weighted by Crippen LogP contribution is 2.44. The standard InChI is InChI=1S/C34H41N5O2/c1-20-24-12-14-28(20)39(19-24)34(40)25-15-27-31(30(17-25)41-3)37(2)33(36-27)29-16-23-11-13-26(22-7-5-4-6-8-22)35-32(23)38(29)18-21-9-10-21/h11,13,15-17,20-22,24,28H,4-10,12,14,18-19H2,1-3H3/t20-,24?,28?/m1/s1. The van der Waals surface area contributed by atoms with Gasteiger partial charge in [-0.2, -0.15) is 0 Å². The van der Waals surface area contributed by atoms with Gasteiger partial charge in [0, 0.05) is 48.7 Å². The first kappa shape index (κ1) is 25.4. The molecule has 2 unspecified atom stereocenters. The van der Waals surface area contributed by atoms with Crippen molar-refractivity contribution in [3.05, 3.63) is 41.6 Å². The van der Waals surface area contributed by atoms with Gasteiger partial charge in [-0.1, -0.05) is 26.2 Å². The van der Waals surface area contributed by atoms with Crippen LogP contribution in [0.25, 0.3) is 33.6 Å². The van der Waals surface area contributed by atoms with Gasteiger partial charge in [-0.25, -0.2) is 9.97 Å². The maximum absolute atomic E-state index is 13.7. The van der Waals surface area contributed by atoms with Gasteiger partial charge in [0.05, 0.1) is 18.3 Å². The second-order valence-corrected chi connectivity index (χ2v) is 13.3. The van der Waals surface area contributed by atoms with Gasteiger partial charge in [-0.15, -0.1) is 0 Å². The molecule has 3 saturated carbocycles. The predicted octanol–water partition coefficient (Wildman–Crippen LogP) is 6.93. The van der Waals surface area contributed by atoms with Gasteiger partial charge in [0.25, 0.3) is 5.91 Å². The van der Waals surface area contributed by atoms with Crippen LogP contribution in [-0.4, -0.2) is 49.6 Å². The van der Waals surface area contributed by atoms with Gasteiger partial charge in [0.2, 0.25) is 0 Å². The molecule has 3 aliphatic carbocycles. The Bertz CT molecular complexity index is 1660. The molecular formula is C34H41N5O2. The molecule has 0 spiro atoms. The average molecular weight is 552 g/mol. The molecule has 4 heterocycles. The Balaban J connectivity index is 1.22. The second-order valence-electron chi connectivity index (χ2n) is 13.3. The summed E-state index contributed by atoms with van der Waals surface area (Å²) in [5.74, 6) is 4.21. The molecule has 4 aromatic rings. The number of piperidine rings is 1. The lowest BCUT2D eigenvalue weighted by molar-refractivity contribution is 0.0696. The van der Waals surface area contributed by atoms with Crippen molar-refractivity contribution in [2.75, 3.05) is 13.7 Å². The Morgan fingerprint density at radius 3 is 2.54 bits per heavy atom. The highest BCUT2D eigenvalue weighted by atomic mass is 16.5. The van der Waals surface area contributed by atoms with E-state index in [1.807, 2.05) is 12.1 Å². The molecule has 41 heavy (non-hydrogen) atoms. The Morgan fingerprint density at radius 2 is 1.83 bits per heavy atom. The lowest BCUT2D eigenvalue weighted by atomic mass is 9.86. The first-order chi connectivity index (χ1) is 20.0. The van der Waals surface area contributed by atoms with Crippen LogP contribution in [0.4, 0.5) is 0 Å². The van der Waals surface area contributed by atoms with Gasteiger partial charge in [-0.05, 0) is 86.6 Å². The van der Waals surface area contributed by atoms with Crippen molar-refractivity contribution in [1.82, 2.24) is 24.0 Å². The number of rotatable bonds is 6. The molecule has 1 aliphatic heterocycles. The van der Waals surface area contributed by atoms with Crippen molar-refractivity contribution in [2.24, 2.45) is 24.8 Å². The smallest absolute Gasteiger partial charge is 0.254 e. The first-order valence-corrected chi connectivity index (χ1v) is 15.9. The van der Waals surface area contributed by atoms with Crippen LogP contribution in [0, 0.1) is 17.8 Å². The number of imidazole rings is 1. The van der Waals surface area contributed by atoms with E-state index in [1.165, 1.54) is 62.4 Å². The third-order valence-corrected chi connectivity index (χ3v) is 10.8. The van der Waals surface area contributed by atoms with Crippen molar-refractivity contribution in [3.8, 4) is 17.3 Å². The summed E-state index contributed by atoms with van der Waals surface area (Å²) in [6, 6.07) is 11.0. The zero-order valence-corrected chi connectivity index (χ0v) is 24.6. The van der Waals surface area contributed by atoms with Gasteiger partial charge < -0.3 is 18.8 Å². The molecule has 1 saturated heterocycles. The van der Waals surface area contributed by atoms with Crippen LogP contribution in [0.15, 0.2) is 30.3 Å². The second kappa shape index (κ2) is 9.60. The Labute approximate surface area is 241 Å². The average Bonchev–Trinajstić information content (AvgIpc) is 3.41. The van der Waals surface area contributed by atoms with E-state index in [-0.39, 0.29) is 5.91 Å². The number of pyridine rings is 1. The topological polar surface area (TPSA) is 65.2 Å². The number of hydrogen-bond acceptors (Lipinski definition) is 4. The molecule has 3 atom stereocenters. The number of benzene rings is 1. The number of ether oxygens (including phenoxy) is 1. The minimum Gasteiger partial charge on any atom is -0.494 e. The maximum Gasteiger partial charge on any atom is 0.254 e.